The molecule has 0 amide bonds. The number of carbonyl (C=O) groups is 2. The second-order valence-electron chi connectivity index (χ2n) is 4.99. The third-order valence-electron chi connectivity index (χ3n) is 2.99. The fourth-order valence-electron chi connectivity index (χ4n) is 1.32. The van der Waals surface area contributed by atoms with E-state index >= 15 is 0 Å². The Balaban J connectivity index is -0.000000411. The summed E-state index contributed by atoms with van der Waals surface area (Å²) in [7, 11) is 0. The maximum atomic E-state index is 9.98. The maximum Gasteiger partial charge on any atom is 2.00 e. The standard InChI is InChI=1S/2C6H12O7.Mg/c2*7-1-2(8)3(9)4(10)5(11)6(12)13;/h2*2-5,7-11H,1H2,(H,12,13);/q;;+2/p-2/t2-,3+,4-,5+;2-,3-,4+,5-;/m01./s1. The molecule has 0 saturated carbocycles. The first-order chi connectivity index (χ1) is 11.8. The molecule has 0 bridgehead atoms. The maximum absolute atomic E-state index is 9.98. The number of aliphatic carboxylic acids is 2. The zero-order valence-corrected chi connectivity index (χ0v) is 15.3. The van der Waals surface area contributed by atoms with Gasteiger partial charge in [-0.1, -0.05) is 0 Å². The Morgan fingerprint density at radius 3 is 0.963 bits per heavy atom. The summed E-state index contributed by atoms with van der Waals surface area (Å²) in [5, 5.41) is 107. The number of rotatable bonds is 10. The topological polar surface area (TPSA) is 283 Å². The molecule has 0 fully saturated rings. The van der Waals surface area contributed by atoms with Crippen LogP contribution in [0.15, 0.2) is 0 Å². The summed E-state index contributed by atoms with van der Waals surface area (Å²) in [4.78, 5) is 20.0. The molecule has 0 spiro atoms. The van der Waals surface area contributed by atoms with Gasteiger partial charge in [0.2, 0.25) is 0 Å². The third kappa shape index (κ3) is 11.0. The van der Waals surface area contributed by atoms with Crippen LogP contribution in [0.5, 0.6) is 0 Å². The number of aliphatic hydroxyl groups excluding tert-OH is 10. The Hall–Kier alpha value is -0.694. The summed E-state index contributed by atoms with van der Waals surface area (Å²) in [5.41, 5.74) is 0. The van der Waals surface area contributed by atoms with E-state index in [0.717, 1.165) is 0 Å². The second-order valence-corrected chi connectivity index (χ2v) is 4.99. The minimum absolute atomic E-state index is 0. The number of carboxylic acid groups (broad SMARTS) is 2. The van der Waals surface area contributed by atoms with Gasteiger partial charge in [0.1, 0.15) is 48.8 Å². The zero-order valence-electron chi connectivity index (χ0n) is 13.8. The SMILES string of the molecule is O=C([O-])[C@H](O)[C@@H](O)[C@H](O)[C@@H](O)CO.O=C([O-])[C@H](O)[C@@H](O)[C@H](O)[C@H](O)CO.[Mg+2]. The van der Waals surface area contributed by atoms with Crippen molar-refractivity contribution in [2.24, 2.45) is 0 Å². The monoisotopic (exact) mass is 414 g/mol. The number of hydrogen-bond donors (Lipinski definition) is 10. The Labute approximate surface area is 168 Å². The molecule has 0 rings (SSSR count). The van der Waals surface area contributed by atoms with Crippen molar-refractivity contribution < 1.29 is 70.9 Å². The molecule has 0 aromatic rings. The molecule has 0 aliphatic rings. The van der Waals surface area contributed by atoms with Crippen molar-refractivity contribution in [3.8, 4) is 0 Å². The van der Waals surface area contributed by atoms with Crippen LogP contribution in [0.2, 0.25) is 0 Å². The normalized spacial score (nSPS) is 19.6. The Kier molecular flexibility index (Phi) is 17.5. The van der Waals surface area contributed by atoms with E-state index in [2.05, 4.69) is 0 Å². The van der Waals surface area contributed by atoms with Gasteiger partial charge in [0.05, 0.1) is 25.2 Å². The van der Waals surface area contributed by atoms with E-state index in [-0.39, 0.29) is 23.1 Å². The molecule has 0 aromatic heterocycles. The predicted molar refractivity (Wildman–Crippen MR) is 78.0 cm³/mol. The molecule has 10 N–H and O–H groups in total. The summed E-state index contributed by atoms with van der Waals surface area (Å²) in [6, 6.07) is 0. The van der Waals surface area contributed by atoms with Crippen molar-refractivity contribution in [1.29, 1.82) is 0 Å². The van der Waals surface area contributed by atoms with E-state index in [4.69, 9.17) is 51.1 Å². The average Bonchev–Trinajstić information content (AvgIpc) is 2.62. The molecule has 8 atom stereocenters. The van der Waals surface area contributed by atoms with Gasteiger partial charge in [-0.25, -0.2) is 0 Å². The minimum Gasteiger partial charge on any atom is -0.547 e. The van der Waals surface area contributed by atoms with Crippen molar-refractivity contribution in [1.82, 2.24) is 0 Å². The Bertz CT molecular complexity index is 385. The average molecular weight is 415 g/mol. The molecule has 0 heterocycles. The molecule has 0 aliphatic carbocycles. The van der Waals surface area contributed by atoms with Gasteiger partial charge in [-0.2, -0.15) is 0 Å². The molecule has 156 valence electrons. The van der Waals surface area contributed by atoms with Crippen molar-refractivity contribution in [2.45, 2.75) is 48.8 Å². The molecule has 27 heavy (non-hydrogen) atoms. The summed E-state index contributed by atoms with van der Waals surface area (Å²) in [5.74, 6) is -3.95. The van der Waals surface area contributed by atoms with E-state index < -0.39 is 74.0 Å². The van der Waals surface area contributed by atoms with Gasteiger partial charge in [-0.05, 0) is 0 Å². The van der Waals surface area contributed by atoms with Gasteiger partial charge < -0.3 is 70.9 Å². The second kappa shape index (κ2) is 15.3. The molecule has 15 heteroatoms. The van der Waals surface area contributed by atoms with E-state index in [1.165, 1.54) is 0 Å². The largest absolute Gasteiger partial charge is 2.00 e. The van der Waals surface area contributed by atoms with Crippen LogP contribution in [0.4, 0.5) is 0 Å². The van der Waals surface area contributed by atoms with Crippen molar-refractivity contribution in [3.05, 3.63) is 0 Å². The number of carboxylic acids is 2. The fraction of sp³-hybridized carbons (Fsp3) is 0.833. The van der Waals surface area contributed by atoms with Gasteiger partial charge in [0.25, 0.3) is 0 Å². The molecule has 0 unspecified atom stereocenters. The summed E-state index contributed by atoms with van der Waals surface area (Å²) in [6.45, 7) is -1.73. The van der Waals surface area contributed by atoms with Crippen LogP contribution < -0.4 is 10.2 Å². The van der Waals surface area contributed by atoms with Crippen LogP contribution in [-0.2, 0) is 9.59 Å². The van der Waals surface area contributed by atoms with Gasteiger partial charge in [-0.15, -0.1) is 0 Å². The molecular formula is C12H22MgO14. The van der Waals surface area contributed by atoms with Crippen LogP contribution in [-0.4, -0.2) is 148 Å². The van der Waals surface area contributed by atoms with Crippen molar-refractivity contribution >= 4 is 35.0 Å². The van der Waals surface area contributed by atoms with E-state index in [1.807, 2.05) is 0 Å². The Morgan fingerprint density at radius 2 is 0.815 bits per heavy atom. The smallest absolute Gasteiger partial charge is 0.547 e. The fourth-order valence-corrected chi connectivity index (χ4v) is 1.32. The van der Waals surface area contributed by atoms with Gasteiger partial charge in [0, 0.05) is 0 Å². The zero-order chi connectivity index (χ0) is 21.2. The summed E-state index contributed by atoms with van der Waals surface area (Å²) >= 11 is 0. The van der Waals surface area contributed by atoms with Crippen LogP contribution in [0.25, 0.3) is 0 Å². The molecular weight excluding hydrogens is 392 g/mol. The van der Waals surface area contributed by atoms with Crippen LogP contribution >= 0.6 is 0 Å². The van der Waals surface area contributed by atoms with E-state index in [1.54, 1.807) is 0 Å². The number of hydrogen-bond acceptors (Lipinski definition) is 14. The first kappa shape index (κ1) is 31.0. The summed E-state index contributed by atoms with van der Waals surface area (Å²) in [6.07, 6.45) is -16.2. The van der Waals surface area contributed by atoms with Crippen LogP contribution in [0.1, 0.15) is 0 Å². The van der Waals surface area contributed by atoms with Crippen LogP contribution in [0.3, 0.4) is 0 Å². The quantitative estimate of drug-likeness (QED) is 0.148. The minimum atomic E-state index is -2.31. The van der Waals surface area contributed by atoms with Gasteiger partial charge in [-0.3, -0.25) is 0 Å². The molecule has 0 radical (unpaired) electrons. The molecule has 14 nitrogen and oxygen atoms in total. The first-order valence-corrected chi connectivity index (χ1v) is 6.91. The van der Waals surface area contributed by atoms with Crippen LogP contribution in [0, 0.1) is 0 Å². The number of carbonyl (C=O) groups excluding carboxylic acids is 2. The summed E-state index contributed by atoms with van der Waals surface area (Å²) < 4.78 is 0. The van der Waals surface area contributed by atoms with Crippen molar-refractivity contribution in [2.75, 3.05) is 13.2 Å². The van der Waals surface area contributed by atoms with Gasteiger partial charge >= 0.3 is 23.1 Å². The molecule has 0 aromatic carbocycles. The van der Waals surface area contributed by atoms with Crippen molar-refractivity contribution in [3.63, 3.8) is 0 Å². The Morgan fingerprint density at radius 1 is 0.593 bits per heavy atom. The van der Waals surface area contributed by atoms with E-state index in [9.17, 15) is 19.8 Å². The first-order valence-electron chi connectivity index (χ1n) is 6.91. The number of aliphatic hydroxyl groups is 10. The molecule has 0 aliphatic heterocycles. The van der Waals surface area contributed by atoms with E-state index in [0.29, 0.717) is 0 Å². The third-order valence-corrected chi connectivity index (χ3v) is 2.99. The predicted octanol–water partition coefficient (Wildman–Crippen LogP) is -10.0. The molecule has 0 saturated heterocycles. The van der Waals surface area contributed by atoms with Gasteiger partial charge in [0.15, 0.2) is 0 Å².